The van der Waals surface area contributed by atoms with Crippen LogP contribution < -0.4 is 0 Å². The average Bonchev–Trinajstić information content (AvgIpc) is 3.48. The van der Waals surface area contributed by atoms with E-state index in [0.29, 0.717) is 38.0 Å². The highest BCUT2D eigenvalue weighted by Crippen LogP contribution is 2.37. The molecule has 2 amide bonds. The van der Waals surface area contributed by atoms with Crippen molar-refractivity contribution in [3.05, 3.63) is 76.2 Å². The van der Waals surface area contributed by atoms with Gasteiger partial charge in [0.15, 0.2) is 0 Å². The van der Waals surface area contributed by atoms with Crippen molar-refractivity contribution < 1.29 is 19.5 Å². The van der Waals surface area contributed by atoms with E-state index in [-0.39, 0.29) is 18.2 Å². The van der Waals surface area contributed by atoms with Gasteiger partial charge in [-0.2, -0.15) is 0 Å². The number of benzene rings is 2. The molecule has 2 aromatic carbocycles. The van der Waals surface area contributed by atoms with Crippen molar-refractivity contribution in [2.75, 3.05) is 13.1 Å². The Morgan fingerprint density at radius 1 is 1.17 bits per heavy atom. The Morgan fingerprint density at radius 3 is 2.77 bits per heavy atom. The second-order valence-corrected chi connectivity index (χ2v) is 10.4. The summed E-state index contributed by atoms with van der Waals surface area (Å²) in [4.78, 5) is 41.9. The molecular formula is C28H28N2O4S. The fourth-order valence-electron chi connectivity index (χ4n) is 5.04. The highest BCUT2D eigenvalue weighted by atomic mass is 32.1. The van der Waals surface area contributed by atoms with E-state index in [1.165, 1.54) is 22.5 Å². The van der Waals surface area contributed by atoms with Gasteiger partial charge in [-0.1, -0.05) is 48.6 Å². The van der Waals surface area contributed by atoms with Gasteiger partial charge in [-0.25, -0.2) is 0 Å². The van der Waals surface area contributed by atoms with Crippen molar-refractivity contribution >= 4 is 45.3 Å². The SMILES string of the molecule is CC1(C(=O)N(CCCC(=O)O)Cc2ccc3c(c2)CC=C3)CCN1C(=O)c1csc2ccccc12. The Kier molecular flexibility index (Phi) is 6.19. The Balaban J connectivity index is 1.38. The number of fused-ring (bicyclic) bond motifs is 2. The number of carboxylic acid groups (broad SMARTS) is 1. The summed E-state index contributed by atoms with van der Waals surface area (Å²) in [6, 6.07) is 14.0. The Labute approximate surface area is 208 Å². The predicted molar refractivity (Wildman–Crippen MR) is 137 cm³/mol. The van der Waals surface area contributed by atoms with Gasteiger partial charge in [-0.3, -0.25) is 14.4 Å². The standard InChI is InChI=1S/C28H28N2O4S/c1-28(13-15-30(28)26(33)23-18-35-24-9-3-2-8-22(23)24)27(34)29(14-5-10-25(31)32)17-19-11-12-20-6-4-7-21(20)16-19/h2-4,6,8-9,11-12,16,18H,5,7,10,13-15,17H2,1H3,(H,31,32). The minimum atomic E-state index is -0.943. The second-order valence-electron chi connectivity index (χ2n) is 9.49. The van der Waals surface area contributed by atoms with E-state index in [0.717, 1.165) is 22.1 Å². The number of hydrogen-bond acceptors (Lipinski definition) is 4. The van der Waals surface area contributed by atoms with Crippen LogP contribution in [0.15, 0.2) is 53.9 Å². The Morgan fingerprint density at radius 2 is 2.00 bits per heavy atom. The second kappa shape index (κ2) is 9.30. The van der Waals surface area contributed by atoms with Crippen LogP contribution in [-0.2, 0) is 22.6 Å². The molecule has 2 heterocycles. The van der Waals surface area contributed by atoms with Crippen molar-refractivity contribution in [1.82, 2.24) is 9.80 Å². The summed E-state index contributed by atoms with van der Waals surface area (Å²) in [5.41, 5.74) is 3.13. The number of carbonyl (C=O) groups is 3. The molecular weight excluding hydrogens is 460 g/mol. The number of likely N-dealkylation sites (tertiary alicyclic amines) is 1. The van der Waals surface area contributed by atoms with Crippen LogP contribution in [-0.4, -0.2) is 51.3 Å². The topological polar surface area (TPSA) is 77.9 Å². The first-order chi connectivity index (χ1) is 16.9. The first-order valence-corrected chi connectivity index (χ1v) is 12.8. The maximum atomic E-state index is 13.9. The van der Waals surface area contributed by atoms with E-state index in [4.69, 9.17) is 5.11 Å². The molecule has 0 bridgehead atoms. The number of carboxylic acids is 1. The molecule has 0 spiro atoms. The van der Waals surface area contributed by atoms with Crippen LogP contribution in [0.4, 0.5) is 0 Å². The van der Waals surface area contributed by atoms with E-state index < -0.39 is 11.5 Å². The molecule has 1 aliphatic heterocycles. The third kappa shape index (κ3) is 4.36. The molecule has 0 radical (unpaired) electrons. The number of allylic oxidation sites excluding steroid dienone is 1. The molecule has 2 aliphatic rings. The Hall–Kier alpha value is -3.45. The van der Waals surface area contributed by atoms with Crippen LogP contribution >= 0.6 is 11.3 Å². The molecule has 5 rings (SSSR count). The van der Waals surface area contributed by atoms with E-state index in [9.17, 15) is 14.4 Å². The third-order valence-electron chi connectivity index (χ3n) is 7.16. The van der Waals surface area contributed by atoms with Gasteiger partial charge in [0.2, 0.25) is 5.91 Å². The van der Waals surface area contributed by atoms with Crippen LogP contribution in [0.5, 0.6) is 0 Å². The zero-order chi connectivity index (χ0) is 24.6. The summed E-state index contributed by atoms with van der Waals surface area (Å²) >= 11 is 1.53. The van der Waals surface area contributed by atoms with Gasteiger partial charge in [0.1, 0.15) is 5.54 Å². The smallest absolute Gasteiger partial charge is 0.303 e. The monoisotopic (exact) mass is 488 g/mol. The van der Waals surface area contributed by atoms with Crippen LogP contribution in [0.3, 0.4) is 0 Å². The number of nitrogens with zero attached hydrogens (tertiary/aromatic N) is 2. The predicted octanol–water partition coefficient (Wildman–Crippen LogP) is 4.97. The van der Waals surface area contributed by atoms with Gasteiger partial charge in [-0.15, -0.1) is 11.3 Å². The lowest BCUT2D eigenvalue weighted by Gasteiger charge is -2.51. The molecule has 1 unspecified atom stereocenters. The van der Waals surface area contributed by atoms with Crippen LogP contribution in [0.25, 0.3) is 16.2 Å². The normalized spacial score (nSPS) is 18.4. The van der Waals surface area contributed by atoms with Crippen LogP contribution in [0.2, 0.25) is 0 Å². The minimum absolute atomic E-state index is 0.00185. The van der Waals surface area contributed by atoms with Gasteiger partial charge in [0.05, 0.1) is 5.56 Å². The van der Waals surface area contributed by atoms with Crippen LogP contribution in [0, 0.1) is 0 Å². The maximum Gasteiger partial charge on any atom is 0.303 e. The quantitative estimate of drug-likeness (QED) is 0.486. The molecule has 1 aromatic heterocycles. The molecule has 1 aliphatic carbocycles. The van der Waals surface area contributed by atoms with Gasteiger partial charge < -0.3 is 14.9 Å². The van der Waals surface area contributed by atoms with Crippen molar-refractivity contribution in [1.29, 1.82) is 0 Å². The summed E-state index contributed by atoms with van der Waals surface area (Å²) in [6.45, 7) is 3.09. The molecule has 1 atom stereocenters. The summed E-state index contributed by atoms with van der Waals surface area (Å²) in [6.07, 6.45) is 6.05. The molecule has 3 aromatic rings. The van der Waals surface area contributed by atoms with Gasteiger partial charge in [0, 0.05) is 41.5 Å². The van der Waals surface area contributed by atoms with Gasteiger partial charge >= 0.3 is 5.97 Å². The van der Waals surface area contributed by atoms with E-state index >= 15 is 0 Å². The van der Waals surface area contributed by atoms with Crippen molar-refractivity contribution in [2.24, 2.45) is 0 Å². The third-order valence-corrected chi connectivity index (χ3v) is 8.12. The number of amides is 2. The molecule has 1 fully saturated rings. The lowest BCUT2D eigenvalue weighted by atomic mass is 9.84. The summed E-state index contributed by atoms with van der Waals surface area (Å²) < 4.78 is 1.05. The van der Waals surface area contributed by atoms with Crippen molar-refractivity contribution in [3.8, 4) is 0 Å². The molecule has 1 N–H and O–H groups in total. The molecule has 0 saturated carbocycles. The minimum Gasteiger partial charge on any atom is -0.481 e. The average molecular weight is 489 g/mol. The highest BCUT2D eigenvalue weighted by molar-refractivity contribution is 7.17. The number of rotatable bonds is 8. The summed E-state index contributed by atoms with van der Waals surface area (Å²) in [5.74, 6) is -1.13. The molecule has 1 saturated heterocycles. The number of aliphatic carboxylic acids is 1. The fourth-order valence-corrected chi connectivity index (χ4v) is 5.97. The molecule has 35 heavy (non-hydrogen) atoms. The van der Waals surface area contributed by atoms with Gasteiger partial charge in [-0.05, 0) is 48.9 Å². The lowest BCUT2D eigenvalue weighted by Crippen LogP contribution is -2.67. The van der Waals surface area contributed by atoms with E-state index in [1.54, 1.807) is 9.80 Å². The largest absolute Gasteiger partial charge is 0.481 e. The lowest BCUT2D eigenvalue weighted by molar-refractivity contribution is -0.150. The van der Waals surface area contributed by atoms with E-state index in [1.807, 2.05) is 42.6 Å². The van der Waals surface area contributed by atoms with Crippen molar-refractivity contribution in [3.63, 3.8) is 0 Å². The zero-order valence-corrected chi connectivity index (χ0v) is 20.5. The van der Waals surface area contributed by atoms with Gasteiger partial charge in [0.25, 0.3) is 5.91 Å². The first kappa shape index (κ1) is 23.3. The highest BCUT2D eigenvalue weighted by Gasteiger charge is 2.51. The number of thiophene rings is 1. The van der Waals surface area contributed by atoms with E-state index in [2.05, 4.69) is 24.3 Å². The Bertz CT molecular complexity index is 1340. The fraction of sp³-hybridized carbons (Fsp3) is 0.321. The van der Waals surface area contributed by atoms with Crippen molar-refractivity contribution in [2.45, 2.75) is 44.7 Å². The van der Waals surface area contributed by atoms with Crippen LogP contribution in [0.1, 0.15) is 53.2 Å². The number of hydrogen-bond donors (Lipinski definition) is 1. The maximum absolute atomic E-state index is 13.9. The molecule has 7 heteroatoms. The first-order valence-electron chi connectivity index (χ1n) is 11.9. The molecule has 180 valence electrons. The molecule has 6 nitrogen and oxygen atoms in total. The summed E-state index contributed by atoms with van der Waals surface area (Å²) in [5, 5.41) is 11.9. The number of carbonyl (C=O) groups excluding carboxylic acids is 2. The summed E-state index contributed by atoms with van der Waals surface area (Å²) in [7, 11) is 0. The zero-order valence-electron chi connectivity index (χ0n) is 19.7.